The van der Waals surface area contributed by atoms with E-state index in [0.29, 0.717) is 17.2 Å². The van der Waals surface area contributed by atoms with Gasteiger partial charge in [0.15, 0.2) is 0 Å². The Morgan fingerprint density at radius 2 is 1.66 bits per heavy atom. The van der Waals surface area contributed by atoms with Gasteiger partial charge in [0, 0.05) is 6.07 Å². The summed E-state index contributed by atoms with van der Waals surface area (Å²) < 4.78 is 41.3. The lowest BCUT2D eigenvalue weighted by molar-refractivity contribution is -0.120. The summed E-state index contributed by atoms with van der Waals surface area (Å²) in [6.07, 6.45) is 1.05. The number of nitrogens with one attached hydrogen (secondary N) is 1. The molecular formula is C20H26N2O6S. The number of ether oxygens (including phenoxy) is 3. The Morgan fingerprint density at radius 1 is 1.03 bits per heavy atom. The first-order chi connectivity index (χ1) is 13.7. The van der Waals surface area contributed by atoms with Crippen molar-refractivity contribution >= 4 is 21.6 Å². The summed E-state index contributed by atoms with van der Waals surface area (Å²) in [5.74, 6) is 1.42. The summed E-state index contributed by atoms with van der Waals surface area (Å²) in [5.41, 5.74) is 0.351. The van der Waals surface area contributed by atoms with E-state index in [9.17, 15) is 13.2 Å². The van der Waals surface area contributed by atoms with Crippen LogP contribution in [-0.4, -0.2) is 54.0 Å². The second-order valence-electron chi connectivity index (χ2n) is 6.43. The van der Waals surface area contributed by atoms with Crippen molar-refractivity contribution in [3.8, 4) is 17.2 Å². The van der Waals surface area contributed by atoms with E-state index in [0.717, 1.165) is 16.3 Å². The molecule has 1 unspecified atom stereocenters. The van der Waals surface area contributed by atoms with E-state index < -0.39 is 15.9 Å². The number of carbonyl (C=O) groups is 1. The molecule has 2 aromatic rings. The van der Waals surface area contributed by atoms with Gasteiger partial charge in [0.25, 0.3) is 0 Å². The SMILES string of the molecule is COc1ccc(OCC(C)NC(=O)CN(c2cccc(OC)c2)S(C)(=O)=O)cc1. The smallest absolute Gasteiger partial charge is 0.241 e. The zero-order valence-corrected chi connectivity index (χ0v) is 17.7. The molecule has 1 N–H and O–H groups in total. The van der Waals surface area contributed by atoms with Crippen LogP contribution in [0.3, 0.4) is 0 Å². The first-order valence-corrected chi connectivity index (χ1v) is 10.8. The summed E-state index contributed by atoms with van der Waals surface area (Å²) in [4.78, 5) is 12.4. The fourth-order valence-corrected chi connectivity index (χ4v) is 3.40. The summed E-state index contributed by atoms with van der Waals surface area (Å²) in [6, 6.07) is 13.3. The number of rotatable bonds is 10. The second-order valence-corrected chi connectivity index (χ2v) is 8.33. The van der Waals surface area contributed by atoms with Crippen molar-refractivity contribution < 1.29 is 27.4 Å². The molecule has 0 saturated heterocycles. The van der Waals surface area contributed by atoms with Gasteiger partial charge in [-0.3, -0.25) is 9.10 Å². The molecule has 0 aliphatic rings. The number of benzene rings is 2. The molecule has 2 rings (SSSR count). The van der Waals surface area contributed by atoms with E-state index >= 15 is 0 Å². The van der Waals surface area contributed by atoms with Gasteiger partial charge < -0.3 is 19.5 Å². The minimum atomic E-state index is -3.66. The van der Waals surface area contributed by atoms with Crippen LogP contribution in [0.5, 0.6) is 17.2 Å². The highest BCUT2D eigenvalue weighted by Crippen LogP contribution is 2.23. The van der Waals surface area contributed by atoms with Crippen molar-refractivity contribution in [3.05, 3.63) is 48.5 Å². The summed E-state index contributed by atoms with van der Waals surface area (Å²) >= 11 is 0. The quantitative estimate of drug-likeness (QED) is 0.630. The first-order valence-electron chi connectivity index (χ1n) is 8.91. The molecule has 2 aromatic carbocycles. The van der Waals surface area contributed by atoms with Crippen LogP contribution in [0.25, 0.3) is 0 Å². The zero-order valence-electron chi connectivity index (χ0n) is 16.9. The van der Waals surface area contributed by atoms with Crippen LogP contribution in [0.4, 0.5) is 5.69 Å². The number of anilines is 1. The van der Waals surface area contributed by atoms with Crippen molar-refractivity contribution in [1.82, 2.24) is 5.32 Å². The minimum Gasteiger partial charge on any atom is -0.497 e. The molecular weight excluding hydrogens is 396 g/mol. The van der Waals surface area contributed by atoms with Crippen LogP contribution >= 0.6 is 0 Å². The molecule has 9 heteroatoms. The molecule has 1 atom stereocenters. The lowest BCUT2D eigenvalue weighted by Crippen LogP contribution is -2.44. The van der Waals surface area contributed by atoms with Gasteiger partial charge in [-0.25, -0.2) is 8.42 Å². The Labute approximate surface area is 171 Å². The third kappa shape index (κ3) is 6.86. The van der Waals surface area contributed by atoms with Gasteiger partial charge >= 0.3 is 0 Å². The number of hydrogen-bond donors (Lipinski definition) is 1. The predicted molar refractivity (Wildman–Crippen MR) is 111 cm³/mol. The van der Waals surface area contributed by atoms with E-state index in [2.05, 4.69) is 5.32 Å². The Kier molecular flexibility index (Phi) is 7.72. The molecule has 0 aromatic heterocycles. The summed E-state index contributed by atoms with van der Waals surface area (Å²) in [5, 5.41) is 2.75. The Balaban J connectivity index is 1.96. The molecule has 29 heavy (non-hydrogen) atoms. The van der Waals surface area contributed by atoms with E-state index in [4.69, 9.17) is 14.2 Å². The van der Waals surface area contributed by atoms with Crippen molar-refractivity contribution in [2.75, 3.05) is 37.9 Å². The van der Waals surface area contributed by atoms with E-state index in [1.165, 1.54) is 7.11 Å². The zero-order chi connectivity index (χ0) is 21.4. The minimum absolute atomic E-state index is 0.232. The molecule has 0 aliphatic carbocycles. The van der Waals surface area contributed by atoms with E-state index in [1.807, 2.05) is 0 Å². The number of nitrogens with zero attached hydrogens (tertiary/aromatic N) is 1. The van der Waals surface area contributed by atoms with Crippen LogP contribution in [0, 0.1) is 0 Å². The van der Waals surface area contributed by atoms with Crippen LogP contribution in [0.1, 0.15) is 6.92 Å². The van der Waals surface area contributed by atoms with Crippen LogP contribution < -0.4 is 23.8 Å². The molecule has 0 saturated carbocycles. The second kappa shape index (κ2) is 10.0. The van der Waals surface area contributed by atoms with Crippen molar-refractivity contribution in [2.24, 2.45) is 0 Å². The fourth-order valence-electron chi connectivity index (χ4n) is 2.55. The fraction of sp³-hybridized carbons (Fsp3) is 0.350. The number of carbonyl (C=O) groups excluding carboxylic acids is 1. The van der Waals surface area contributed by atoms with Gasteiger partial charge in [-0.2, -0.15) is 0 Å². The number of methoxy groups -OCH3 is 2. The standard InChI is InChI=1S/C20H26N2O6S/c1-15(14-28-18-10-8-17(26-2)9-11-18)21-20(23)13-22(29(4,24)25)16-6-5-7-19(12-16)27-3/h5-12,15H,13-14H2,1-4H3,(H,21,23). The molecule has 8 nitrogen and oxygen atoms in total. The van der Waals surface area contributed by atoms with Gasteiger partial charge in [0.1, 0.15) is 30.4 Å². The van der Waals surface area contributed by atoms with Crippen LogP contribution in [0.15, 0.2) is 48.5 Å². The largest absolute Gasteiger partial charge is 0.497 e. The summed E-state index contributed by atoms with van der Waals surface area (Å²) in [6.45, 7) is 1.66. The molecule has 0 spiro atoms. The van der Waals surface area contributed by atoms with Gasteiger partial charge in [-0.05, 0) is 43.3 Å². The normalized spacial score (nSPS) is 12.0. The van der Waals surface area contributed by atoms with Gasteiger partial charge in [-0.15, -0.1) is 0 Å². The van der Waals surface area contributed by atoms with Gasteiger partial charge in [0.2, 0.25) is 15.9 Å². The number of sulfonamides is 1. The monoisotopic (exact) mass is 422 g/mol. The molecule has 158 valence electrons. The highest BCUT2D eigenvalue weighted by atomic mass is 32.2. The maximum Gasteiger partial charge on any atom is 0.241 e. The maximum absolute atomic E-state index is 12.4. The summed E-state index contributed by atoms with van der Waals surface area (Å²) in [7, 11) is -0.593. The van der Waals surface area contributed by atoms with Gasteiger partial charge in [-0.1, -0.05) is 6.07 Å². The maximum atomic E-state index is 12.4. The number of amides is 1. The van der Waals surface area contributed by atoms with E-state index in [1.54, 1.807) is 62.6 Å². The molecule has 0 aliphatic heterocycles. The Morgan fingerprint density at radius 3 is 2.24 bits per heavy atom. The van der Waals surface area contributed by atoms with Crippen molar-refractivity contribution in [3.63, 3.8) is 0 Å². The molecule has 0 bridgehead atoms. The predicted octanol–water partition coefficient (Wildman–Crippen LogP) is 2.05. The lowest BCUT2D eigenvalue weighted by Gasteiger charge is -2.23. The highest BCUT2D eigenvalue weighted by Gasteiger charge is 2.22. The molecule has 0 heterocycles. The third-order valence-electron chi connectivity index (χ3n) is 4.00. The average Bonchev–Trinajstić information content (AvgIpc) is 2.70. The van der Waals surface area contributed by atoms with Crippen LogP contribution in [0.2, 0.25) is 0 Å². The first kappa shape index (κ1) is 22.4. The molecule has 1 amide bonds. The number of hydrogen-bond acceptors (Lipinski definition) is 6. The Bertz CT molecular complexity index is 915. The Hall–Kier alpha value is -2.94. The van der Waals surface area contributed by atoms with Crippen LogP contribution in [-0.2, 0) is 14.8 Å². The van der Waals surface area contributed by atoms with Crippen molar-refractivity contribution in [2.45, 2.75) is 13.0 Å². The van der Waals surface area contributed by atoms with Gasteiger partial charge in [0.05, 0.1) is 32.2 Å². The highest BCUT2D eigenvalue weighted by molar-refractivity contribution is 7.92. The van der Waals surface area contributed by atoms with E-state index in [-0.39, 0.29) is 19.2 Å². The third-order valence-corrected chi connectivity index (χ3v) is 5.14. The van der Waals surface area contributed by atoms with Crippen molar-refractivity contribution in [1.29, 1.82) is 0 Å². The molecule has 0 fully saturated rings. The lowest BCUT2D eigenvalue weighted by atomic mass is 10.3. The molecule has 0 radical (unpaired) electrons. The topological polar surface area (TPSA) is 94.2 Å². The average molecular weight is 423 g/mol.